The van der Waals surface area contributed by atoms with Gasteiger partial charge in [0.25, 0.3) is 0 Å². The van der Waals surface area contributed by atoms with E-state index in [-0.39, 0.29) is 18.5 Å². The molecule has 0 saturated carbocycles. The summed E-state index contributed by atoms with van der Waals surface area (Å²) in [6.07, 6.45) is 1.79. The third kappa shape index (κ3) is 7.59. The number of halogens is 2. The highest BCUT2D eigenvalue weighted by atomic mass is 35.5. The van der Waals surface area contributed by atoms with Gasteiger partial charge < -0.3 is 10.2 Å². The predicted octanol–water partition coefficient (Wildman–Crippen LogP) is 4.71. The summed E-state index contributed by atoms with van der Waals surface area (Å²) in [4.78, 5) is 27.9. The fourth-order valence-electron chi connectivity index (χ4n) is 3.66. The van der Waals surface area contributed by atoms with Crippen molar-refractivity contribution in [1.82, 2.24) is 10.2 Å². The summed E-state index contributed by atoms with van der Waals surface area (Å²) in [5.74, 6) is -0.846. The molecule has 0 fully saturated rings. The minimum absolute atomic E-state index is 0.0508. The molecule has 1 N–H and O–H groups in total. The molecule has 2 atom stereocenters. The number of nitrogens with one attached hydrogen (secondary N) is 1. The Morgan fingerprint density at radius 1 is 1.03 bits per heavy atom. The third-order valence-electron chi connectivity index (χ3n) is 5.87. The van der Waals surface area contributed by atoms with Crippen molar-refractivity contribution in [2.24, 2.45) is 0 Å². The Bertz CT molecular complexity index is 1170. The summed E-state index contributed by atoms with van der Waals surface area (Å²) in [6.45, 7) is 8.63. The lowest BCUT2D eigenvalue weighted by atomic mass is 10.1. The van der Waals surface area contributed by atoms with Gasteiger partial charge in [-0.15, -0.1) is 0 Å². The van der Waals surface area contributed by atoms with Gasteiger partial charge in [-0.25, -0.2) is 8.42 Å². The summed E-state index contributed by atoms with van der Waals surface area (Å²) < 4.78 is 26.6. The number of amides is 2. The molecule has 0 spiro atoms. The first kappa shape index (κ1) is 28.9. The molecule has 2 amide bonds. The van der Waals surface area contributed by atoms with Crippen LogP contribution in [0.3, 0.4) is 0 Å². The van der Waals surface area contributed by atoms with E-state index in [0.717, 1.165) is 28.1 Å². The standard InChI is InChI=1S/C25H33Cl2N3O4S/c1-7-18(4)28-25(32)19(5)29(14-20-11-12-21(26)22(27)13-20)23(31)15-30(35(6,33)34)24-16(2)9-8-10-17(24)3/h8-13,18-19H,7,14-15H2,1-6H3,(H,28,32). The minimum atomic E-state index is -3.80. The zero-order chi connectivity index (χ0) is 26.5. The van der Waals surface area contributed by atoms with E-state index in [0.29, 0.717) is 21.3 Å². The van der Waals surface area contributed by atoms with Crippen LogP contribution in [0.4, 0.5) is 5.69 Å². The average Bonchev–Trinajstić information content (AvgIpc) is 2.77. The van der Waals surface area contributed by atoms with Crippen LogP contribution in [0.5, 0.6) is 0 Å². The summed E-state index contributed by atoms with van der Waals surface area (Å²) >= 11 is 12.2. The fraction of sp³-hybridized carbons (Fsp3) is 0.440. The summed E-state index contributed by atoms with van der Waals surface area (Å²) in [5.41, 5.74) is 2.56. The SMILES string of the molecule is CCC(C)NC(=O)C(C)N(Cc1ccc(Cl)c(Cl)c1)C(=O)CN(c1c(C)cccc1C)S(C)(=O)=O. The van der Waals surface area contributed by atoms with Gasteiger partial charge >= 0.3 is 0 Å². The molecular formula is C25H33Cl2N3O4S. The van der Waals surface area contributed by atoms with Crippen molar-refractivity contribution in [2.45, 2.75) is 59.7 Å². The van der Waals surface area contributed by atoms with Crippen LogP contribution in [0.1, 0.15) is 43.9 Å². The van der Waals surface area contributed by atoms with Crippen molar-refractivity contribution < 1.29 is 18.0 Å². The first-order valence-electron chi connectivity index (χ1n) is 11.3. The van der Waals surface area contributed by atoms with Gasteiger partial charge in [-0.3, -0.25) is 13.9 Å². The molecule has 2 unspecified atom stereocenters. The molecule has 0 aromatic heterocycles. The smallest absolute Gasteiger partial charge is 0.244 e. The second-order valence-electron chi connectivity index (χ2n) is 8.77. The minimum Gasteiger partial charge on any atom is -0.352 e. The monoisotopic (exact) mass is 541 g/mol. The van der Waals surface area contributed by atoms with Crippen LogP contribution in [0.25, 0.3) is 0 Å². The lowest BCUT2D eigenvalue weighted by molar-refractivity contribution is -0.139. The maximum Gasteiger partial charge on any atom is 0.244 e. The number of aryl methyl sites for hydroxylation is 2. The Balaban J connectivity index is 2.47. The molecular weight excluding hydrogens is 509 g/mol. The summed E-state index contributed by atoms with van der Waals surface area (Å²) in [5, 5.41) is 3.58. The van der Waals surface area contributed by atoms with Gasteiger partial charge in [0.1, 0.15) is 12.6 Å². The number of sulfonamides is 1. The molecule has 192 valence electrons. The Hall–Kier alpha value is -2.29. The zero-order valence-corrected chi connectivity index (χ0v) is 23.3. The number of para-hydroxylation sites is 1. The van der Waals surface area contributed by atoms with Gasteiger partial charge in [0.2, 0.25) is 21.8 Å². The molecule has 0 aliphatic heterocycles. The second-order valence-corrected chi connectivity index (χ2v) is 11.5. The molecule has 0 bridgehead atoms. The molecule has 0 radical (unpaired) electrons. The maximum absolute atomic E-state index is 13.6. The Morgan fingerprint density at radius 3 is 2.14 bits per heavy atom. The molecule has 10 heteroatoms. The molecule has 7 nitrogen and oxygen atoms in total. The Labute approximate surface area is 218 Å². The van der Waals surface area contributed by atoms with Gasteiger partial charge in [0.15, 0.2) is 0 Å². The predicted molar refractivity (Wildman–Crippen MR) is 142 cm³/mol. The number of nitrogens with zero attached hydrogens (tertiary/aromatic N) is 2. The first-order chi connectivity index (χ1) is 16.3. The second kappa shape index (κ2) is 12.1. The quantitative estimate of drug-likeness (QED) is 0.471. The number of carbonyl (C=O) groups excluding carboxylic acids is 2. The largest absolute Gasteiger partial charge is 0.352 e. The van der Waals surface area contributed by atoms with Crippen molar-refractivity contribution in [1.29, 1.82) is 0 Å². The van der Waals surface area contributed by atoms with E-state index in [1.807, 2.05) is 19.9 Å². The molecule has 2 aromatic carbocycles. The number of anilines is 1. The highest BCUT2D eigenvalue weighted by Gasteiger charge is 2.31. The van der Waals surface area contributed by atoms with Crippen molar-refractivity contribution in [3.8, 4) is 0 Å². The van der Waals surface area contributed by atoms with Crippen LogP contribution < -0.4 is 9.62 Å². The van der Waals surface area contributed by atoms with E-state index in [4.69, 9.17) is 23.2 Å². The number of rotatable bonds is 10. The van der Waals surface area contributed by atoms with Gasteiger partial charge in [-0.1, -0.05) is 54.4 Å². The molecule has 0 aliphatic rings. The summed E-state index contributed by atoms with van der Waals surface area (Å²) in [7, 11) is -3.80. The van der Waals surface area contributed by atoms with E-state index >= 15 is 0 Å². The van der Waals surface area contributed by atoms with Gasteiger partial charge in [-0.2, -0.15) is 0 Å². The van der Waals surface area contributed by atoms with Crippen LogP contribution in [0, 0.1) is 13.8 Å². The maximum atomic E-state index is 13.6. The molecule has 2 aromatic rings. The van der Waals surface area contributed by atoms with E-state index in [9.17, 15) is 18.0 Å². The van der Waals surface area contributed by atoms with Crippen LogP contribution in [-0.4, -0.2) is 50.0 Å². The van der Waals surface area contributed by atoms with Crippen LogP contribution in [-0.2, 0) is 26.2 Å². The summed E-state index contributed by atoms with van der Waals surface area (Å²) in [6, 6.07) is 9.44. The number of carbonyl (C=O) groups is 2. The van der Waals surface area contributed by atoms with E-state index in [1.165, 1.54) is 4.90 Å². The van der Waals surface area contributed by atoms with Crippen LogP contribution in [0.15, 0.2) is 36.4 Å². The van der Waals surface area contributed by atoms with Crippen molar-refractivity contribution >= 4 is 50.7 Å². The number of hydrogen-bond acceptors (Lipinski definition) is 4. The van der Waals surface area contributed by atoms with Crippen molar-refractivity contribution in [3.63, 3.8) is 0 Å². The number of benzene rings is 2. The van der Waals surface area contributed by atoms with Crippen LogP contribution in [0.2, 0.25) is 10.0 Å². The fourth-order valence-corrected chi connectivity index (χ4v) is 4.94. The van der Waals surface area contributed by atoms with E-state index in [2.05, 4.69) is 5.32 Å². The normalized spacial score (nSPS) is 13.1. The third-order valence-corrected chi connectivity index (χ3v) is 7.72. The van der Waals surface area contributed by atoms with Gasteiger partial charge in [0, 0.05) is 12.6 Å². The lowest BCUT2D eigenvalue weighted by Crippen LogP contribution is -2.52. The molecule has 0 heterocycles. The molecule has 2 rings (SSSR count). The molecule has 35 heavy (non-hydrogen) atoms. The highest BCUT2D eigenvalue weighted by molar-refractivity contribution is 7.92. The highest BCUT2D eigenvalue weighted by Crippen LogP contribution is 2.28. The van der Waals surface area contributed by atoms with Gasteiger partial charge in [-0.05, 0) is 62.9 Å². The number of hydrogen-bond donors (Lipinski definition) is 1. The zero-order valence-electron chi connectivity index (χ0n) is 20.9. The Morgan fingerprint density at radius 2 is 1.63 bits per heavy atom. The lowest BCUT2D eigenvalue weighted by Gasteiger charge is -2.33. The molecule has 0 aliphatic carbocycles. The van der Waals surface area contributed by atoms with Crippen molar-refractivity contribution in [3.05, 3.63) is 63.1 Å². The molecule has 0 saturated heterocycles. The topological polar surface area (TPSA) is 86.8 Å². The van der Waals surface area contributed by atoms with Gasteiger partial charge in [0.05, 0.1) is 22.0 Å². The Kier molecular flexibility index (Phi) is 10.0. The average molecular weight is 543 g/mol. The van der Waals surface area contributed by atoms with E-state index < -0.39 is 28.5 Å². The van der Waals surface area contributed by atoms with Crippen molar-refractivity contribution in [2.75, 3.05) is 17.1 Å². The van der Waals surface area contributed by atoms with Crippen LogP contribution >= 0.6 is 23.2 Å². The van der Waals surface area contributed by atoms with E-state index in [1.54, 1.807) is 51.1 Å². The first-order valence-corrected chi connectivity index (χ1v) is 13.9.